The van der Waals surface area contributed by atoms with Crippen molar-refractivity contribution in [3.63, 3.8) is 0 Å². The lowest BCUT2D eigenvalue weighted by atomic mass is 10.1. The van der Waals surface area contributed by atoms with E-state index in [2.05, 4.69) is 67.0 Å². The van der Waals surface area contributed by atoms with E-state index in [-0.39, 0.29) is 24.0 Å². The SMILES string of the molecule is CCNC(=NCC(C)CN1CCN(C)CC1)NC(C)CCCN(CC)CC.I. The molecule has 2 atom stereocenters. The van der Waals surface area contributed by atoms with E-state index in [4.69, 9.17) is 4.99 Å². The van der Waals surface area contributed by atoms with Crippen LogP contribution in [0.25, 0.3) is 0 Å². The van der Waals surface area contributed by atoms with Crippen LogP contribution in [-0.2, 0) is 0 Å². The normalized spacial score (nSPS) is 18.6. The van der Waals surface area contributed by atoms with Crippen LogP contribution in [0, 0.1) is 5.92 Å². The summed E-state index contributed by atoms with van der Waals surface area (Å²) >= 11 is 0. The van der Waals surface area contributed by atoms with Crippen molar-refractivity contribution in [3.8, 4) is 0 Å². The predicted molar refractivity (Wildman–Crippen MR) is 134 cm³/mol. The van der Waals surface area contributed by atoms with E-state index in [1.807, 2.05) is 0 Å². The maximum Gasteiger partial charge on any atom is 0.191 e. The highest BCUT2D eigenvalue weighted by atomic mass is 127. The van der Waals surface area contributed by atoms with E-state index < -0.39 is 0 Å². The molecule has 0 aromatic rings. The van der Waals surface area contributed by atoms with Crippen LogP contribution in [0.2, 0.25) is 0 Å². The van der Waals surface area contributed by atoms with Crippen molar-refractivity contribution in [3.05, 3.63) is 0 Å². The van der Waals surface area contributed by atoms with Crippen LogP contribution in [0.1, 0.15) is 47.5 Å². The molecule has 28 heavy (non-hydrogen) atoms. The summed E-state index contributed by atoms with van der Waals surface area (Å²) in [5, 5.41) is 7.00. The number of likely N-dealkylation sites (N-methyl/N-ethyl adjacent to an activating group) is 1. The van der Waals surface area contributed by atoms with Crippen molar-refractivity contribution < 1.29 is 0 Å². The maximum atomic E-state index is 4.86. The van der Waals surface area contributed by atoms with Gasteiger partial charge in [0.2, 0.25) is 0 Å². The van der Waals surface area contributed by atoms with Crippen molar-refractivity contribution in [2.24, 2.45) is 10.9 Å². The van der Waals surface area contributed by atoms with Gasteiger partial charge in [-0.25, -0.2) is 0 Å². The molecule has 1 aliphatic rings. The Kier molecular flexibility index (Phi) is 16.6. The van der Waals surface area contributed by atoms with Gasteiger partial charge in [0.05, 0.1) is 0 Å². The second kappa shape index (κ2) is 16.7. The molecule has 1 aliphatic heterocycles. The largest absolute Gasteiger partial charge is 0.357 e. The molecule has 0 amide bonds. The summed E-state index contributed by atoms with van der Waals surface area (Å²) in [6, 6.07) is 0.450. The third-order valence-electron chi connectivity index (χ3n) is 5.46. The number of nitrogens with one attached hydrogen (secondary N) is 2. The first-order valence-electron chi connectivity index (χ1n) is 11.2. The van der Waals surface area contributed by atoms with Crippen LogP contribution in [0.15, 0.2) is 4.99 Å². The van der Waals surface area contributed by atoms with Gasteiger partial charge in [-0.15, -0.1) is 24.0 Å². The quantitative estimate of drug-likeness (QED) is 0.240. The van der Waals surface area contributed by atoms with Crippen LogP contribution in [-0.4, -0.2) is 99.2 Å². The average Bonchev–Trinajstić information content (AvgIpc) is 2.65. The first kappa shape index (κ1) is 27.9. The zero-order valence-electron chi connectivity index (χ0n) is 19.3. The van der Waals surface area contributed by atoms with Crippen molar-refractivity contribution in [2.75, 3.05) is 72.5 Å². The summed E-state index contributed by atoms with van der Waals surface area (Å²) in [5.74, 6) is 1.56. The van der Waals surface area contributed by atoms with Gasteiger partial charge in [0.25, 0.3) is 0 Å². The molecule has 1 rings (SSSR count). The highest BCUT2D eigenvalue weighted by molar-refractivity contribution is 14.0. The van der Waals surface area contributed by atoms with Crippen LogP contribution >= 0.6 is 24.0 Å². The van der Waals surface area contributed by atoms with Gasteiger partial charge in [0.15, 0.2) is 5.96 Å². The van der Waals surface area contributed by atoms with Crippen molar-refractivity contribution in [1.29, 1.82) is 0 Å². The number of guanidine groups is 1. The Hall–Kier alpha value is -0.120. The first-order chi connectivity index (χ1) is 13.0. The molecule has 0 aromatic carbocycles. The minimum atomic E-state index is 0. The third-order valence-corrected chi connectivity index (χ3v) is 5.46. The lowest BCUT2D eigenvalue weighted by Crippen LogP contribution is -2.46. The molecule has 2 N–H and O–H groups in total. The summed E-state index contributed by atoms with van der Waals surface area (Å²) in [6.07, 6.45) is 2.41. The molecular weight excluding hydrogens is 463 g/mol. The summed E-state index contributed by atoms with van der Waals surface area (Å²) in [6.45, 7) is 22.4. The highest BCUT2D eigenvalue weighted by Gasteiger charge is 2.16. The monoisotopic (exact) mass is 510 g/mol. The van der Waals surface area contributed by atoms with Gasteiger partial charge in [-0.05, 0) is 59.3 Å². The lowest BCUT2D eigenvalue weighted by Gasteiger charge is -2.33. The van der Waals surface area contributed by atoms with Gasteiger partial charge >= 0.3 is 0 Å². The molecular formula is C21H47IN6. The second-order valence-corrected chi connectivity index (χ2v) is 8.14. The Morgan fingerprint density at radius 2 is 1.71 bits per heavy atom. The van der Waals surface area contributed by atoms with E-state index in [0.29, 0.717) is 12.0 Å². The van der Waals surface area contributed by atoms with Gasteiger partial charge in [-0.3, -0.25) is 4.99 Å². The van der Waals surface area contributed by atoms with E-state index in [9.17, 15) is 0 Å². The third kappa shape index (κ3) is 12.4. The van der Waals surface area contributed by atoms with Gasteiger partial charge in [0, 0.05) is 51.9 Å². The molecule has 7 heteroatoms. The van der Waals surface area contributed by atoms with Gasteiger partial charge in [-0.2, -0.15) is 0 Å². The summed E-state index contributed by atoms with van der Waals surface area (Å²) in [5.41, 5.74) is 0. The molecule has 1 heterocycles. The number of hydrogen-bond acceptors (Lipinski definition) is 4. The molecule has 0 bridgehead atoms. The summed E-state index contributed by atoms with van der Waals surface area (Å²) in [7, 11) is 2.21. The molecule has 0 aromatic heterocycles. The van der Waals surface area contributed by atoms with E-state index in [1.54, 1.807) is 0 Å². The fourth-order valence-electron chi connectivity index (χ4n) is 3.56. The van der Waals surface area contributed by atoms with Crippen molar-refractivity contribution >= 4 is 29.9 Å². The summed E-state index contributed by atoms with van der Waals surface area (Å²) in [4.78, 5) is 12.3. The van der Waals surface area contributed by atoms with Gasteiger partial charge in [-0.1, -0.05) is 20.8 Å². The molecule has 168 valence electrons. The lowest BCUT2D eigenvalue weighted by molar-refractivity contribution is 0.140. The molecule has 0 saturated carbocycles. The van der Waals surface area contributed by atoms with Crippen molar-refractivity contribution in [2.45, 2.75) is 53.5 Å². The second-order valence-electron chi connectivity index (χ2n) is 8.14. The van der Waals surface area contributed by atoms with Crippen molar-refractivity contribution in [1.82, 2.24) is 25.3 Å². The molecule has 0 radical (unpaired) electrons. The average molecular weight is 511 g/mol. The van der Waals surface area contributed by atoms with Gasteiger partial charge in [0.1, 0.15) is 0 Å². The topological polar surface area (TPSA) is 46.1 Å². The van der Waals surface area contributed by atoms with Crippen LogP contribution < -0.4 is 10.6 Å². The first-order valence-corrected chi connectivity index (χ1v) is 11.2. The van der Waals surface area contributed by atoms with Crippen LogP contribution in [0.4, 0.5) is 0 Å². The number of hydrogen-bond donors (Lipinski definition) is 2. The van der Waals surface area contributed by atoms with E-state index in [0.717, 1.165) is 38.7 Å². The Balaban J connectivity index is 0.00000729. The number of rotatable bonds is 12. The Morgan fingerprint density at radius 1 is 1.07 bits per heavy atom. The molecule has 1 fully saturated rings. The Morgan fingerprint density at radius 3 is 2.29 bits per heavy atom. The number of aliphatic imine (C=N–C) groups is 1. The minimum Gasteiger partial charge on any atom is -0.357 e. The van der Waals surface area contributed by atoms with Crippen LogP contribution in [0.3, 0.4) is 0 Å². The van der Waals surface area contributed by atoms with E-state index >= 15 is 0 Å². The molecule has 0 aliphatic carbocycles. The van der Waals surface area contributed by atoms with E-state index in [1.165, 1.54) is 45.6 Å². The molecule has 6 nitrogen and oxygen atoms in total. The smallest absolute Gasteiger partial charge is 0.191 e. The molecule has 0 spiro atoms. The molecule has 2 unspecified atom stereocenters. The van der Waals surface area contributed by atoms with Gasteiger partial charge < -0.3 is 25.3 Å². The fourth-order valence-corrected chi connectivity index (χ4v) is 3.56. The maximum absolute atomic E-state index is 4.86. The van der Waals surface area contributed by atoms with Crippen LogP contribution in [0.5, 0.6) is 0 Å². The standard InChI is InChI=1S/C21H46N6.HI/c1-7-22-21(24-20(5)11-10-12-26(8-2)9-3)23-17-19(4)18-27-15-13-25(6)14-16-27;/h19-20H,7-18H2,1-6H3,(H2,22,23,24);1H. The number of nitrogens with zero attached hydrogens (tertiary/aromatic N) is 4. The summed E-state index contributed by atoms with van der Waals surface area (Å²) < 4.78 is 0. The predicted octanol–water partition coefficient (Wildman–Crippen LogP) is 2.55. The Labute approximate surface area is 191 Å². The zero-order chi connectivity index (χ0) is 20.1. The Bertz CT molecular complexity index is 394. The minimum absolute atomic E-state index is 0. The fraction of sp³-hybridized carbons (Fsp3) is 0.952. The number of halogens is 1. The zero-order valence-corrected chi connectivity index (χ0v) is 21.7. The molecule has 1 saturated heterocycles. The number of piperazine rings is 1. The highest BCUT2D eigenvalue weighted by Crippen LogP contribution is 2.05.